The van der Waals surface area contributed by atoms with Crippen molar-refractivity contribution in [2.75, 3.05) is 6.61 Å². The van der Waals surface area contributed by atoms with Crippen molar-refractivity contribution in [3.05, 3.63) is 46.3 Å². The molecule has 1 aromatic carbocycles. The van der Waals surface area contributed by atoms with Crippen LogP contribution in [0, 0.1) is 0 Å². The van der Waals surface area contributed by atoms with Gasteiger partial charge >= 0.3 is 5.97 Å². The van der Waals surface area contributed by atoms with Gasteiger partial charge in [-0.05, 0) is 30.4 Å². The van der Waals surface area contributed by atoms with E-state index in [1.54, 1.807) is 0 Å². The van der Waals surface area contributed by atoms with Crippen molar-refractivity contribution >= 4 is 5.97 Å². The molecule has 5 nitrogen and oxygen atoms in total. The monoisotopic (exact) mass is 317 g/mol. The van der Waals surface area contributed by atoms with Crippen LogP contribution in [0.1, 0.15) is 69.9 Å². The number of carbonyl (C=O) groups is 1. The highest BCUT2D eigenvalue weighted by molar-refractivity contribution is 5.69. The fraction of sp³-hybridized carbons (Fsp3) is 0.611. The van der Waals surface area contributed by atoms with Gasteiger partial charge in [0.15, 0.2) is 0 Å². The number of esters is 1. The van der Waals surface area contributed by atoms with Crippen LogP contribution in [-0.4, -0.2) is 12.6 Å². The fourth-order valence-electron chi connectivity index (χ4n) is 2.43. The van der Waals surface area contributed by atoms with Crippen molar-refractivity contribution in [1.29, 1.82) is 0 Å². The van der Waals surface area contributed by atoms with Gasteiger partial charge in [0, 0.05) is 11.3 Å². The van der Waals surface area contributed by atoms with E-state index in [2.05, 4.69) is 16.9 Å². The van der Waals surface area contributed by atoms with Crippen LogP contribution in [0.3, 0.4) is 0 Å². The van der Waals surface area contributed by atoms with Crippen molar-refractivity contribution in [1.82, 2.24) is 0 Å². The molecule has 0 heterocycles. The number of carbonyl (C=O) groups excluding carboxylic acids is 1. The van der Waals surface area contributed by atoms with Crippen LogP contribution in [0.4, 0.5) is 0 Å². The molecule has 0 radical (unpaired) electrons. The first-order valence-corrected chi connectivity index (χ1v) is 8.52. The molecule has 0 N–H and O–H groups in total. The normalized spacial score (nSPS) is 11.5. The molecule has 1 rings (SSSR count). The Bertz CT molecular complexity index is 484. The second-order valence-electron chi connectivity index (χ2n) is 5.66. The Morgan fingerprint density at radius 1 is 1.17 bits per heavy atom. The maximum atomic E-state index is 11.7. The number of benzene rings is 1. The molecule has 0 saturated carbocycles. The summed E-state index contributed by atoms with van der Waals surface area (Å²) < 4.78 is 5.23. The third-order valence-corrected chi connectivity index (χ3v) is 3.74. The maximum Gasteiger partial charge on any atom is 0.305 e. The molecule has 1 aromatic rings. The summed E-state index contributed by atoms with van der Waals surface area (Å²) in [6.45, 7) is 2.69. The summed E-state index contributed by atoms with van der Waals surface area (Å²) in [5.74, 6) is -0.159. The highest BCUT2D eigenvalue weighted by Gasteiger charge is 2.10. The topological polar surface area (TPSA) is 75.1 Å². The molecular formula is C18H27N3O2. The van der Waals surface area contributed by atoms with E-state index < -0.39 is 0 Å². The van der Waals surface area contributed by atoms with E-state index >= 15 is 0 Å². The van der Waals surface area contributed by atoms with Gasteiger partial charge < -0.3 is 4.74 Å². The average Bonchev–Trinajstić information content (AvgIpc) is 2.58. The number of azide groups is 1. The van der Waals surface area contributed by atoms with Gasteiger partial charge in [-0.3, -0.25) is 4.79 Å². The predicted molar refractivity (Wildman–Crippen MR) is 91.9 cm³/mol. The van der Waals surface area contributed by atoms with Gasteiger partial charge in [-0.15, -0.1) is 0 Å². The van der Waals surface area contributed by atoms with Gasteiger partial charge in [-0.1, -0.05) is 68.1 Å². The Hall–Kier alpha value is -2.00. The lowest BCUT2D eigenvalue weighted by Gasteiger charge is -2.11. The number of unbranched alkanes of at least 4 members (excludes halogenated alkanes) is 4. The first-order valence-electron chi connectivity index (χ1n) is 8.52. The summed E-state index contributed by atoms with van der Waals surface area (Å²) in [5.41, 5.74) is 9.66. The zero-order valence-electron chi connectivity index (χ0n) is 14.0. The van der Waals surface area contributed by atoms with Gasteiger partial charge in [0.25, 0.3) is 0 Å². The quantitative estimate of drug-likeness (QED) is 0.162. The van der Waals surface area contributed by atoms with Gasteiger partial charge in [0.05, 0.1) is 12.6 Å². The van der Waals surface area contributed by atoms with E-state index in [1.165, 1.54) is 19.3 Å². The Kier molecular flexibility index (Phi) is 10.4. The number of hydrogen-bond acceptors (Lipinski definition) is 3. The van der Waals surface area contributed by atoms with E-state index in [-0.39, 0.29) is 12.0 Å². The molecule has 0 bridgehead atoms. The standard InChI is InChI=1S/C18H27N3O2/c1-2-3-4-5-9-15-23-18(22)14-10-13-17(20-21-19)16-11-7-6-8-12-16/h6-8,11-12,17H,2-5,9-10,13-15H2,1H3. The number of hydrogen-bond donors (Lipinski definition) is 0. The van der Waals surface area contributed by atoms with Crippen molar-refractivity contribution in [2.24, 2.45) is 5.11 Å². The average molecular weight is 317 g/mol. The lowest BCUT2D eigenvalue weighted by molar-refractivity contribution is -0.143. The molecule has 0 aliphatic rings. The number of ether oxygens (including phenoxy) is 1. The summed E-state index contributed by atoms with van der Waals surface area (Å²) >= 11 is 0. The summed E-state index contributed by atoms with van der Waals surface area (Å²) in [6.07, 6.45) is 7.41. The molecule has 126 valence electrons. The Balaban J connectivity index is 2.20. The van der Waals surface area contributed by atoms with Crippen LogP contribution in [0.15, 0.2) is 35.4 Å². The first-order chi connectivity index (χ1) is 11.3. The number of nitrogens with zero attached hydrogens (tertiary/aromatic N) is 3. The molecule has 5 heteroatoms. The van der Waals surface area contributed by atoms with E-state index in [0.717, 1.165) is 18.4 Å². The second kappa shape index (κ2) is 12.5. The summed E-state index contributed by atoms with van der Waals surface area (Å²) in [7, 11) is 0. The van der Waals surface area contributed by atoms with Gasteiger partial charge in [-0.25, -0.2) is 0 Å². The predicted octanol–water partition coefficient (Wildman–Crippen LogP) is 5.72. The minimum absolute atomic E-state index is 0.159. The largest absolute Gasteiger partial charge is 0.466 e. The van der Waals surface area contributed by atoms with Crippen LogP contribution in [-0.2, 0) is 9.53 Å². The first kappa shape index (κ1) is 19.0. The van der Waals surface area contributed by atoms with Crippen molar-refractivity contribution in [2.45, 2.75) is 64.3 Å². The van der Waals surface area contributed by atoms with Crippen molar-refractivity contribution < 1.29 is 9.53 Å². The third kappa shape index (κ3) is 8.89. The van der Waals surface area contributed by atoms with Gasteiger partial charge in [0.1, 0.15) is 0 Å². The molecule has 0 aliphatic carbocycles. The molecule has 0 fully saturated rings. The van der Waals surface area contributed by atoms with Crippen LogP contribution in [0.2, 0.25) is 0 Å². The molecule has 0 aliphatic heterocycles. The zero-order chi connectivity index (χ0) is 16.8. The van der Waals surface area contributed by atoms with E-state index in [4.69, 9.17) is 10.3 Å². The van der Waals surface area contributed by atoms with Crippen molar-refractivity contribution in [3.63, 3.8) is 0 Å². The Labute approximate surface area is 138 Å². The van der Waals surface area contributed by atoms with Crippen molar-refractivity contribution in [3.8, 4) is 0 Å². The van der Waals surface area contributed by atoms with Gasteiger partial charge in [-0.2, -0.15) is 0 Å². The molecule has 0 amide bonds. The third-order valence-electron chi connectivity index (χ3n) is 3.74. The molecule has 0 spiro atoms. The summed E-state index contributed by atoms with van der Waals surface area (Å²) in [5, 5.41) is 3.82. The van der Waals surface area contributed by atoms with Gasteiger partial charge in [0.2, 0.25) is 0 Å². The SMILES string of the molecule is CCCCCCCOC(=O)CCCC(N=[N+]=[N-])c1ccccc1. The van der Waals surface area contributed by atoms with Crippen LogP contribution in [0.25, 0.3) is 10.4 Å². The molecule has 0 aromatic heterocycles. The Morgan fingerprint density at radius 2 is 1.91 bits per heavy atom. The highest BCUT2D eigenvalue weighted by atomic mass is 16.5. The summed E-state index contributed by atoms with van der Waals surface area (Å²) in [4.78, 5) is 14.6. The molecule has 1 unspecified atom stereocenters. The second-order valence-corrected chi connectivity index (χ2v) is 5.66. The highest BCUT2D eigenvalue weighted by Crippen LogP contribution is 2.23. The zero-order valence-corrected chi connectivity index (χ0v) is 14.0. The van der Waals surface area contributed by atoms with Crippen LogP contribution in [0.5, 0.6) is 0 Å². The van der Waals surface area contributed by atoms with E-state index in [9.17, 15) is 4.79 Å². The maximum absolute atomic E-state index is 11.7. The van der Waals surface area contributed by atoms with Crippen LogP contribution < -0.4 is 0 Å². The lowest BCUT2D eigenvalue weighted by Crippen LogP contribution is -2.06. The molecular weight excluding hydrogens is 290 g/mol. The molecule has 1 atom stereocenters. The van der Waals surface area contributed by atoms with E-state index in [1.807, 2.05) is 30.3 Å². The smallest absolute Gasteiger partial charge is 0.305 e. The minimum atomic E-state index is -0.219. The molecule has 0 saturated heterocycles. The van der Waals surface area contributed by atoms with E-state index in [0.29, 0.717) is 25.9 Å². The lowest BCUT2D eigenvalue weighted by atomic mass is 10.0. The van der Waals surface area contributed by atoms with Crippen LogP contribution >= 0.6 is 0 Å². The molecule has 23 heavy (non-hydrogen) atoms. The Morgan fingerprint density at radius 3 is 2.61 bits per heavy atom. The minimum Gasteiger partial charge on any atom is -0.466 e. The number of rotatable bonds is 12. The fourth-order valence-corrected chi connectivity index (χ4v) is 2.43. The summed E-state index contributed by atoms with van der Waals surface area (Å²) in [6, 6.07) is 9.42.